The van der Waals surface area contributed by atoms with Gasteiger partial charge in [-0.1, -0.05) is 12.8 Å². The maximum Gasteiger partial charge on any atom is 0.243 e. The Morgan fingerprint density at radius 3 is 2.48 bits per heavy atom. The summed E-state index contributed by atoms with van der Waals surface area (Å²) in [6, 6.07) is 0.197. The van der Waals surface area contributed by atoms with E-state index in [1.54, 1.807) is 14.1 Å². The number of halogens is 1. The van der Waals surface area contributed by atoms with Crippen LogP contribution in [0.4, 0.5) is 0 Å². The van der Waals surface area contributed by atoms with E-state index >= 15 is 0 Å². The number of guanidine groups is 1. The molecule has 2 amide bonds. The zero-order chi connectivity index (χ0) is 17.5. The lowest BCUT2D eigenvalue weighted by Gasteiger charge is -2.21. The lowest BCUT2D eigenvalue weighted by Crippen LogP contribution is -2.45. The molecule has 1 atom stereocenters. The van der Waals surface area contributed by atoms with Gasteiger partial charge in [0, 0.05) is 45.7 Å². The minimum atomic E-state index is -0.0309. The number of amides is 2. The average molecular weight is 465 g/mol. The molecule has 144 valence electrons. The fraction of sp³-hybridized carbons (Fsp3) is 0.824. The van der Waals surface area contributed by atoms with Crippen LogP contribution in [0.25, 0.3) is 0 Å². The topological polar surface area (TPSA) is 77.0 Å². The molecule has 25 heavy (non-hydrogen) atoms. The minimum Gasteiger partial charge on any atom is -0.357 e. The van der Waals surface area contributed by atoms with Crippen LogP contribution in [0.5, 0.6) is 0 Å². The van der Waals surface area contributed by atoms with Gasteiger partial charge in [-0.05, 0) is 26.2 Å². The van der Waals surface area contributed by atoms with E-state index in [1.165, 1.54) is 17.7 Å². The Bertz CT molecular complexity index is 478. The first-order valence-electron chi connectivity index (χ1n) is 9.05. The number of likely N-dealkylation sites (tertiary alicyclic amines) is 1. The zero-order valence-corrected chi connectivity index (χ0v) is 17.9. The molecule has 0 aromatic heterocycles. The maximum absolute atomic E-state index is 12.5. The van der Waals surface area contributed by atoms with E-state index in [9.17, 15) is 9.59 Å². The number of hydrogen-bond acceptors (Lipinski definition) is 3. The van der Waals surface area contributed by atoms with Crippen LogP contribution < -0.4 is 10.6 Å². The monoisotopic (exact) mass is 465 g/mol. The Morgan fingerprint density at radius 2 is 1.88 bits per heavy atom. The fourth-order valence-corrected chi connectivity index (χ4v) is 3.31. The van der Waals surface area contributed by atoms with Gasteiger partial charge in [0.1, 0.15) is 6.54 Å². The number of hydrogen-bond donors (Lipinski definition) is 2. The van der Waals surface area contributed by atoms with E-state index in [4.69, 9.17) is 0 Å². The van der Waals surface area contributed by atoms with E-state index in [2.05, 4.69) is 15.6 Å². The molecule has 0 radical (unpaired) electrons. The molecule has 0 bridgehead atoms. The summed E-state index contributed by atoms with van der Waals surface area (Å²) >= 11 is 0. The van der Waals surface area contributed by atoms with Gasteiger partial charge in [-0.15, -0.1) is 24.0 Å². The molecule has 8 heteroatoms. The normalized spacial score (nSPS) is 21.0. The van der Waals surface area contributed by atoms with Crippen molar-refractivity contribution < 1.29 is 9.59 Å². The van der Waals surface area contributed by atoms with Crippen molar-refractivity contribution in [1.82, 2.24) is 20.4 Å². The second-order valence-corrected chi connectivity index (χ2v) is 6.88. The molecular weight excluding hydrogens is 433 g/mol. The first-order chi connectivity index (χ1) is 11.5. The third-order valence-electron chi connectivity index (χ3n) is 4.76. The molecule has 1 saturated heterocycles. The highest BCUT2D eigenvalue weighted by molar-refractivity contribution is 14.0. The highest BCUT2D eigenvalue weighted by Gasteiger charge is 2.32. The van der Waals surface area contributed by atoms with Gasteiger partial charge in [-0.25, -0.2) is 4.99 Å². The van der Waals surface area contributed by atoms with Gasteiger partial charge in [0.2, 0.25) is 11.8 Å². The largest absolute Gasteiger partial charge is 0.357 e. The van der Waals surface area contributed by atoms with Gasteiger partial charge in [-0.2, -0.15) is 0 Å². The number of likely N-dealkylation sites (N-methyl/N-ethyl adjacent to an activating group) is 1. The van der Waals surface area contributed by atoms with Crippen molar-refractivity contribution in [1.29, 1.82) is 0 Å². The van der Waals surface area contributed by atoms with Crippen molar-refractivity contribution >= 4 is 41.8 Å². The molecule has 1 aliphatic carbocycles. The number of rotatable bonds is 5. The summed E-state index contributed by atoms with van der Waals surface area (Å²) in [5, 5.41) is 6.53. The van der Waals surface area contributed by atoms with E-state index in [1.807, 2.05) is 11.8 Å². The van der Waals surface area contributed by atoms with Crippen molar-refractivity contribution in [2.24, 2.45) is 10.9 Å². The summed E-state index contributed by atoms with van der Waals surface area (Å²) in [7, 11) is 3.45. The van der Waals surface area contributed by atoms with Crippen molar-refractivity contribution in [2.75, 3.05) is 40.3 Å². The lowest BCUT2D eigenvalue weighted by atomic mass is 10.1. The highest BCUT2D eigenvalue weighted by atomic mass is 127. The smallest absolute Gasteiger partial charge is 0.243 e. The molecule has 1 unspecified atom stereocenters. The van der Waals surface area contributed by atoms with Crippen LogP contribution in [0.1, 0.15) is 39.0 Å². The fourth-order valence-electron chi connectivity index (χ4n) is 3.31. The Kier molecular flexibility index (Phi) is 9.52. The summed E-state index contributed by atoms with van der Waals surface area (Å²) in [6.07, 6.45) is 5.38. The summed E-state index contributed by atoms with van der Waals surface area (Å²) in [6.45, 7) is 4.39. The van der Waals surface area contributed by atoms with Gasteiger partial charge in [0.05, 0.1) is 0 Å². The van der Waals surface area contributed by atoms with Gasteiger partial charge < -0.3 is 20.4 Å². The second kappa shape index (κ2) is 10.8. The van der Waals surface area contributed by atoms with Crippen LogP contribution in [-0.2, 0) is 9.59 Å². The lowest BCUT2D eigenvalue weighted by molar-refractivity contribution is -0.134. The molecule has 1 saturated carbocycles. The minimum absolute atomic E-state index is 0. The molecule has 2 rings (SSSR count). The van der Waals surface area contributed by atoms with Crippen molar-refractivity contribution in [3.05, 3.63) is 0 Å². The van der Waals surface area contributed by atoms with Gasteiger partial charge >= 0.3 is 0 Å². The summed E-state index contributed by atoms with van der Waals surface area (Å²) in [4.78, 5) is 32.1. The van der Waals surface area contributed by atoms with E-state index in [-0.39, 0.29) is 48.4 Å². The Labute approximate surface area is 168 Å². The zero-order valence-electron chi connectivity index (χ0n) is 15.6. The Morgan fingerprint density at radius 1 is 1.20 bits per heavy atom. The third-order valence-corrected chi connectivity index (χ3v) is 4.76. The summed E-state index contributed by atoms with van der Waals surface area (Å²) in [5.74, 6) is 1.18. The van der Waals surface area contributed by atoms with Crippen molar-refractivity contribution in [2.45, 2.75) is 45.1 Å². The van der Waals surface area contributed by atoms with Crippen LogP contribution in [0.3, 0.4) is 0 Å². The SMILES string of the molecule is CCNC(=NCC(=O)N(C)C)NC1CCN(C(=O)C2CCCC2)C1.I. The second-order valence-electron chi connectivity index (χ2n) is 6.88. The third kappa shape index (κ3) is 6.63. The van der Waals surface area contributed by atoms with Crippen LogP contribution in [-0.4, -0.2) is 73.9 Å². The molecule has 0 aromatic carbocycles. The van der Waals surface area contributed by atoms with Gasteiger partial charge in [0.25, 0.3) is 0 Å². The summed E-state index contributed by atoms with van der Waals surface area (Å²) in [5.41, 5.74) is 0. The highest BCUT2D eigenvalue weighted by Crippen LogP contribution is 2.27. The maximum atomic E-state index is 12.5. The average Bonchev–Trinajstić information content (AvgIpc) is 3.23. The molecule has 0 spiro atoms. The van der Waals surface area contributed by atoms with Gasteiger partial charge in [-0.3, -0.25) is 9.59 Å². The molecule has 1 heterocycles. The Hall–Kier alpha value is -1.06. The van der Waals surface area contributed by atoms with E-state index in [0.717, 1.165) is 38.9 Å². The number of nitrogens with zero attached hydrogens (tertiary/aromatic N) is 3. The molecule has 2 fully saturated rings. The van der Waals surface area contributed by atoms with Crippen LogP contribution in [0, 0.1) is 5.92 Å². The molecule has 2 aliphatic rings. The first kappa shape index (κ1) is 22.0. The first-order valence-corrected chi connectivity index (χ1v) is 9.05. The number of aliphatic imine (C=N–C) groups is 1. The van der Waals surface area contributed by atoms with E-state index in [0.29, 0.717) is 11.9 Å². The van der Waals surface area contributed by atoms with E-state index < -0.39 is 0 Å². The van der Waals surface area contributed by atoms with Crippen molar-refractivity contribution in [3.63, 3.8) is 0 Å². The van der Waals surface area contributed by atoms with Crippen LogP contribution >= 0.6 is 24.0 Å². The predicted octanol–water partition coefficient (Wildman–Crippen LogP) is 1.04. The predicted molar refractivity (Wildman–Crippen MR) is 110 cm³/mol. The quantitative estimate of drug-likeness (QED) is 0.362. The standard InChI is InChI=1S/C17H31N5O2.HI/c1-4-18-17(19-11-15(23)21(2)3)20-14-9-10-22(12-14)16(24)13-7-5-6-8-13;/h13-14H,4-12H2,1-3H3,(H2,18,19,20);1H. The van der Waals surface area contributed by atoms with Crippen LogP contribution in [0.2, 0.25) is 0 Å². The van der Waals surface area contributed by atoms with Crippen molar-refractivity contribution in [3.8, 4) is 0 Å². The molecular formula is C17H32IN5O2. The van der Waals surface area contributed by atoms with Gasteiger partial charge in [0.15, 0.2) is 5.96 Å². The number of nitrogens with one attached hydrogen (secondary N) is 2. The molecule has 7 nitrogen and oxygen atoms in total. The molecule has 0 aromatic rings. The Balaban J connectivity index is 0.00000312. The summed E-state index contributed by atoms with van der Waals surface area (Å²) < 4.78 is 0. The number of carbonyl (C=O) groups excluding carboxylic acids is 2. The van der Waals surface area contributed by atoms with Crippen LogP contribution in [0.15, 0.2) is 4.99 Å². The number of carbonyl (C=O) groups is 2. The molecule has 2 N–H and O–H groups in total. The molecule has 1 aliphatic heterocycles.